The van der Waals surface area contributed by atoms with E-state index in [1.807, 2.05) is 6.92 Å². The molecular weight excluding hydrogens is 630 g/mol. The van der Waals surface area contributed by atoms with E-state index in [2.05, 4.69) is 16.0 Å². The van der Waals surface area contributed by atoms with Gasteiger partial charge in [0.25, 0.3) is 0 Å². The molecule has 2 heterocycles. The zero-order chi connectivity index (χ0) is 35.1. The Hall–Kier alpha value is -5.52. The SMILES string of the molecule is CCCCC(=O)Nc1ccc(CC(NC(=O)OC(C)(C)C)C(=O)N2C=Cn3c(nc(-c4cccc(F)c4)c3Nc3ccc(F)cc3)C2)cc1. The number of aromatic nitrogens is 2. The minimum atomic E-state index is -1.01. The van der Waals surface area contributed by atoms with E-state index in [9.17, 15) is 23.2 Å². The number of carbonyl (C=O) groups is 3. The van der Waals surface area contributed by atoms with Crippen molar-refractivity contribution in [3.8, 4) is 11.3 Å². The number of benzene rings is 3. The van der Waals surface area contributed by atoms with Crippen LogP contribution in [0.25, 0.3) is 17.5 Å². The highest BCUT2D eigenvalue weighted by atomic mass is 19.1. The number of alkyl carbamates (subject to hydrolysis) is 1. The molecule has 0 spiro atoms. The van der Waals surface area contributed by atoms with Crippen LogP contribution in [0.3, 0.4) is 0 Å². The lowest BCUT2D eigenvalue weighted by Gasteiger charge is -2.28. The largest absolute Gasteiger partial charge is 0.444 e. The number of nitrogens with one attached hydrogen (secondary N) is 3. The van der Waals surface area contributed by atoms with Crippen LogP contribution >= 0.6 is 0 Å². The second-order valence-electron chi connectivity index (χ2n) is 12.8. The van der Waals surface area contributed by atoms with Gasteiger partial charge in [0.1, 0.15) is 40.6 Å². The van der Waals surface area contributed by atoms with Crippen LogP contribution in [0.1, 0.15) is 58.3 Å². The second-order valence-corrected chi connectivity index (χ2v) is 12.8. The summed E-state index contributed by atoms with van der Waals surface area (Å²) in [6, 6.07) is 17.9. The molecule has 1 aliphatic rings. The van der Waals surface area contributed by atoms with E-state index in [0.717, 1.165) is 18.4 Å². The summed E-state index contributed by atoms with van der Waals surface area (Å²) in [4.78, 5) is 45.4. The number of halogens is 2. The molecule has 256 valence electrons. The molecule has 1 unspecified atom stereocenters. The predicted octanol–water partition coefficient (Wildman–Crippen LogP) is 7.61. The van der Waals surface area contributed by atoms with Gasteiger partial charge >= 0.3 is 6.09 Å². The van der Waals surface area contributed by atoms with Crippen molar-refractivity contribution in [3.63, 3.8) is 0 Å². The van der Waals surface area contributed by atoms with E-state index >= 15 is 0 Å². The Balaban J connectivity index is 1.40. The number of unbranched alkanes of at least 4 members (excludes halogenated alkanes) is 1. The first-order valence-corrected chi connectivity index (χ1v) is 16.2. The summed E-state index contributed by atoms with van der Waals surface area (Å²) < 4.78 is 35.1. The van der Waals surface area contributed by atoms with Gasteiger partial charge in [0.05, 0.1) is 6.54 Å². The van der Waals surface area contributed by atoms with E-state index in [-0.39, 0.29) is 24.7 Å². The van der Waals surface area contributed by atoms with Gasteiger partial charge in [-0.15, -0.1) is 0 Å². The van der Waals surface area contributed by atoms with Crippen molar-refractivity contribution in [2.75, 3.05) is 10.6 Å². The Morgan fingerprint density at radius 1 is 0.939 bits per heavy atom. The van der Waals surface area contributed by atoms with Crippen molar-refractivity contribution in [2.24, 2.45) is 0 Å². The summed E-state index contributed by atoms with van der Waals surface area (Å²) in [5, 5.41) is 8.86. The summed E-state index contributed by atoms with van der Waals surface area (Å²) in [6.07, 6.45) is 4.79. The lowest BCUT2D eigenvalue weighted by Crippen LogP contribution is -2.49. The maximum absolute atomic E-state index is 14.3. The zero-order valence-corrected chi connectivity index (χ0v) is 27.9. The van der Waals surface area contributed by atoms with Crippen LogP contribution in [0, 0.1) is 11.6 Å². The molecule has 1 aromatic heterocycles. The van der Waals surface area contributed by atoms with Crippen LogP contribution in [0.4, 0.5) is 30.8 Å². The van der Waals surface area contributed by atoms with Gasteiger partial charge in [0.2, 0.25) is 11.8 Å². The van der Waals surface area contributed by atoms with Crippen molar-refractivity contribution in [2.45, 2.75) is 71.6 Å². The Labute approximate surface area is 284 Å². The quantitative estimate of drug-likeness (QED) is 0.151. The van der Waals surface area contributed by atoms with Crippen LogP contribution in [-0.4, -0.2) is 44.0 Å². The topological polar surface area (TPSA) is 118 Å². The van der Waals surface area contributed by atoms with Gasteiger partial charge in [-0.1, -0.05) is 37.6 Å². The number of ether oxygens (including phenoxy) is 1. The van der Waals surface area contributed by atoms with Crippen LogP contribution in [0.5, 0.6) is 0 Å². The van der Waals surface area contributed by atoms with Crippen molar-refractivity contribution >= 4 is 41.3 Å². The summed E-state index contributed by atoms with van der Waals surface area (Å²) in [5.41, 5.74) is 2.13. The molecule has 0 saturated heterocycles. The Bertz CT molecular complexity index is 1830. The number of hydrogen-bond donors (Lipinski definition) is 3. The third-order valence-electron chi connectivity index (χ3n) is 7.60. The normalized spacial score (nSPS) is 13.0. The van der Waals surface area contributed by atoms with Crippen LogP contribution < -0.4 is 16.0 Å². The van der Waals surface area contributed by atoms with E-state index in [4.69, 9.17) is 9.72 Å². The smallest absolute Gasteiger partial charge is 0.408 e. The molecule has 0 fully saturated rings. The van der Waals surface area contributed by atoms with Crippen molar-refractivity contribution in [3.05, 3.63) is 102 Å². The van der Waals surface area contributed by atoms with Gasteiger partial charge in [-0.2, -0.15) is 0 Å². The van der Waals surface area contributed by atoms with E-state index in [0.29, 0.717) is 40.7 Å². The average Bonchev–Trinajstić information content (AvgIpc) is 3.41. The number of anilines is 3. The molecule has 0 radical (unpaired) electrons. The Kier molecular flexibility index (Phi) is 10.8. The number of fused-ring (bicyclic) bond motifs is 1. The summed E-state index contributed by atoms with van der Waals surface area (Å²) in [6.45, 7) is 7.26. The maximum Gasteiger partial charge on any atom is 0.408 e. The minimum absolute atomic E-state index is 0.0397. The molecule has 3 N–H and O–H groups in total. The van der Waals surface area contributed by atoms with Gasteiger partial charge in [-0.05, 0) is 81.3 Å². The molecule has 12 heteroatoms. The molecule has 10 nitrogen and oxygen atoms in total. The van der Waals surface area contributed by atoms with E-state index < -0.39 is 29.5 Å². The first-order valence-electron chi connectivity index (χ1n) is 16.2. The van der Waals surface area contributed by atoms with E-state index in [1.165, 1.54) is 29.2 Å². The van der Waals surface area contributed by atoms with Gasteiger partial charge in [-0.3, -0.25) is 14.2 Å². The molecule has 0 saturated carbocycles. The van der Waals surface area contributed by atoms with E-state index in [1.54, 1.807) is 86.3 Å². The lowest BCUT2D eigenvalue weighted by atomic mass is 10.0. The number of rotatable bonds is 11. The second kappa shape index (κ2) is 15.1. The molecule has 3 amide bonds. The summed E-state index contributed by atoms with van der Waals surface area (Å²) >= 11 is 0. The fourth-order valence-corrected chi connectivity index (χ4v) is 5.25. The first-order chi connectivity index (χ1) is 23.4. The average molecular weight is 671 g/mol. The summed E-state index contributed by atoms with van der Waals surface area (Å²) in [5.74, 6) is -0.332. The standard InChI is InChI=1S/C37H40F2N6O4/c1-5-6-10-32(46)40-28-15-11-24(12-16-28)21-30(42-36(48)49-37(2,3)4)35(47)44-19-20-45-31(23-44)43-33(25-8-7-9-27(39)22-25)34(45)41-29-17-13-26(38)14-18-29/h7-9,11-20,22,30,41H,5-6,10,21,23H2,1-4H3,(H,40,46)(H,42,48). The van der Waals surface area contributed by atoms with Crippen LogP contribution in [0.15, 0.2) is 79.0 Å². The molecular formula is C37H40F2N6O4. The highest BCUT2D eigenvalue weighted by Crippen LogP contribution is 2.34. The molecule has 5 rings (SSSR count). The summed E-state index contributed by atoms with van der Waals surface area (Å²) in [7, 11) is 0. The van der Waals surface area contributed by atoms with Crippen LogP contribution in [-0.2, 0) is 27.3 Å². The van der Waals surface area contributed by atoms with Crippen molar-refractivity contribution in [1.82, 2.24) is 19.8 Å². The molecule has 49 heavy (non-hydrogen) atoms. The molecule has 1 aliphatic heterocycles. The monoisotopic (exact) mass is 670 g/mol. The Morgan fingerprint density at radius 2 is 1.65 bits per heavy atom. The fraction of sp³-hybridized carbons (Fsp3) is 0.297. The molecule has 4 aromatic rings. The number of hydrogen-bond acceptors (Lipinski definition) is 6. The fourth-order valence-electron chi connectivity index (χ4n) is 5.25. The third-order valence-corrected chi connectivity index (χ3v) is 7.60. The molecule has 3 aromatic carbocycles. The number of imidazole rings is 1. The van der Waals surface area contributed by atoms with Crippen LogP contribution in [0.2, 0.25) is 0 Å². The zero-order valence-electron chi connectivity index (χ0n) is 27.9. The van der Waals surface area contributed by atoms with Gasteiger partial charge in [0.15, 0.2) is 0 Å². The number of nitrogens with zero attached hydrogens (tertiary/aromatic N) is 3. The third kappa shape index (κ3) is 9.31. The highest BCUT2D eigenvalue weighted by molar-refractivity contribution is 5.91. The van der Waals surface area contributed by atoms with Gasteiger partial charge in [0, 0.05) is 42.2 Å². The molecule has 0 bridgehead atoms. The maximum atomic E-state index is 14.3. The minimum Gasteiger partial charge on any atom is -0.444 e. The first kappa shape index (κ1) is 34.8. The lowest BCUT2D eigenvalue weighted by molar-refractivity contribution is -0.131. The van der Waals surface area contributed by atoms with Crippen molar-refractivity contribution < 1.29 is 27.9 Å². The Morgan fingerprint density at radius 3 is 2.33 bits per heavy atom. The highest BCUT2D eigenvalue weighted by Gasteiger charge is 2.31. The number of carbonyl (C=O) groups excluding carboxylic acids is 3. The molecule has 0 aliphatic carbocycles. The number of amides is 3. The predicted molar refractivity (Wildman–Crippen MR) is 185 cm³/mol. The molecule has 1 atom stereocenters. The van der Waals surface area contributed by atoms with Crippen molar-refractivity contribution in [1.29, 1.82) is 0 Å². The van der Waals surface area contributed by atoms with Gasteiger partial charge in [-0.25, -0.2) is 18.6 Å². The van der Waals surface area contributed by atoms with Gasteiger partial charge < -0.3 is 25.6 Å².